The standard InChI is InChI=1S/C13H21NO3/c1-3-17-8-4-7-14-10-11-5-6-13(16-2)12(15)9-11/h5-6,9,14-15H,3-4,7-8,10H2,1-2H3. The second-order valence-electron chi connectivity index (χ2n) is 3.73. The molecule has 0 aliphatic heterocycles. The Morgan fingerprint density at radius 3 is 2.82 bits per heavy atom. The molecule has 4 nitrogen and oxygen atoms in total. The fraction of sp³-hybridized carbons (Fsp3) is 0.538. The maximum atomic E-state index is 9.59. The molecule has 0 spiro atoms. The van der Waals surface area contributed by atoms with Crippen LogP contribution in [0, 0.1) is 0 Å². The molecule has 0 unspecified atom stereocenters. The van der Waals surface area contributed by atoms with Crippen molar-refractivity contribution in [3.8, 4) is 11.5 Å². The van der Waals surface area contributed by atoms with Crippen molar-refractivity contribution in [3.63, 3.8) is 0 Å². The van der Waals surface area contributed by atoms with Gasteiger partial charge in [0.2, 0.25) is 0 Å². The van der Waals surface area contributed by atoms with Crippen LogP contribution in [0.25, 0.3) is 0 Å². The minimum absolute atomic E-state index is 0.182. The highest BCUT2D eigenvalue weighted by Gasteiger charge is 2.01. The van der Waals surface area contributed by atoms with E-state index >= 15 is 0 Å². The molecule has 0 saturated heterocycles. The molecule has 1 aromatic rings. The van der Waals surface area contributed by atoms with Crippen molar-refractivity contribution in [2.45, 2.75) is 19.9 Å². The molecule has 4 heteroatoms. The van der Waals surface area contributed by atoms with Gasteiger partial charge in [-0.1, -0.05) is 6.07 Å². The molecule has 17 heavy (non-hydrogen) atoms. The zero-order chi connectivity index (χ0) is 12.5. The Labute approximate surface area is 103 Å². The number of aromatic hydroxyl groups is 1. The van der Waals surface area contributed by atoms with Gasteiger partial charge in [-0.2, -0.15) is 0 Å². The third-order valence-corrected chi connectivity index (χ3v) is 2.42. The average molecular weight is 239 g/mol. The lowest BCUT2D eigenvalue weighted by molar-refractivity contribution is 0.144. The van der Waals surface area contributed by atoms with Gasteiger partial charge in [-0.05, 0) is 37.6 Å². The van der Waals surface area contributed by atoms with Crippen LogP contribution in [-0.4, -0.2) is 32.0 Å². The van der Waals surface area contributed by atoms with Crippen LogP contribution >= 0.6 is 0 Å². The molecule has 0 heterocycles. The first-order valence-electron chi connectivity index (χ1n) is 5.92. The van der Waals surface area contributed by atoms with Gasteiger partial charge < -0.3 is 19.9 Å². The topological polar surface area (TPSA) is 50.7 Å². The van der Waals surface area contributed by atoms with Crippen LogP contribution < -0.4 is 10.1 Å². The molecule has 0 saturated carbocycles. The van der Waals surface area contributed by atoms with Crippen LogP contribution in [0.2, 0.25) is 0 Å². The summed E-state index contributed by atoms with van der Waals surface area (Å²) in [4.78, 5) is 0. The number of ether oxygens (including phenoxy) is 2. The Balaban J connectivity index is 2.25. The van der Waals surface area contributed by atoms with Crippen molar-refractivity contribution in [2.24, 2.45) is 0 Å². The highest BCUT2D eigenvalue weighted by Crippen LogP contribution is 2.25. The first-order valence-corrected chi connectivity index (χ1v) is 5.92. The number of phenolic OH excluding ortho intramolecular Hbond substituents is 1. The number of rotatable bonds is 8. The van der Waals surface area contributed by atoms with Crippen LogP contribution in [0.3, 0.4) is 0 Å². The van der Waals surface area contributed by atoms with Gasteiger partial charge in [-0.3, -0.25) is 0 Å². The summed E-state index contributed by atoms with van der Waals surface area (Å²) in [7, 11) is 1.54. The number of phenols is 1. The number of hydrogen-bond acceptors (Lipinski definition) is 4. The van der Waals surface area contributed by atoms with Crippen LogP contribution in [0.15, 0.2) is 18.2 Å². The average Bonchev–Trinajstić information content (AvgIpc) is 2.34. The van der Waals surface area contributed by atoms with Gasteiger partial charge in [0, 0.05) is 19.8 Å². The Hall–Kier alpha value is -1.26. The van der Waals surface area contributed by atoms with Crippen LogP contribution in [0.4, 0.5) is 0 Å². The van der Waals surface area contributed by atoms with Gasteiger partial charge in [0.25, 0.3) is 0 Å². The normalized spacial score (nSPS) is 10.5. The molecular formula is C13H21NO3. The monoisotopic (exact) mass is 239 g/mol. The lowest BCUT2D eigenvalue weighted by atomic mass is 10.2. The fourth-order valence-electron chi connectivity index (χ4n) is 1.52. The summed E-state index contributed by atoms with van der Waals surface area (Å²) in [6.07, 6.45) is 0.996. The quantitative estimate of drug-likeness (QED) is 0.680. The lowest BCUT2D eigenvalue weighted by Gasteiger charge is -2.07. The third kappa shape index (κ3) is 5.06. The van der Waals surface area contributed by atoms with E-state index in [0.717, 1.165) is 38.3 Å². The summed E-state index contributed by atoms with van der Waals surface area (Å²) >= 11 is 0. The van der Waals surface area contributed by atoms with Gasteiger partial charge in [0.15, 0.2) is 11.5 Å². The lowest BCUT2D eigenvalue weighted by Crippen LogP contribution is -2.16. The van der Waals surface area contributed by atoms with Gasteiger partial charge in [0.05, 0.1) is 7.11 Å². The van der Waals surface area contributed by atoms with E-state index in [1.807, 2.05) is 13.0 Å². The molecule has 1 rings (SSSR count). The Morgan fingerprint density at radius 1 is 1.35 bits per heavy atom. The third-order valence-electron chi connectivity index (χ3n) is 2.42. The molecule has 0 amide bonds. The van der Waals surface area contributed by atoms with E-state index in [0.29, 0.717) is 5.75 Å². The summed E-state index contributed by atoms with van der Waals surface area (Å²) in [5, 5.41) is 12.9. The summed E-state index contributed by atoms with van der Waals surface area (Å²) in [5.74, 6) is 0.686. The number of benzene rings is 1. The van der Waals surface area contributed by atoms with Crippen LogP contribution in [0.1, 0.15) is 18.9 Å². The minimum Gasteiger partial charge on any atom is -0.504 e. The Bertz CT molecular complexity index is 328. The molecule has 96 valence electrons. The molecule has 0 atom stereocenters. The van der Waals surface area contributed by atoms with E-state index in [1.165, 1.54) is 0 Å². The molecule has 2 N–H and O–H groups in total. The van der Waals surface area contributed by atoms with Crippen molar-refractivity contribution in [1.82, 2.24) is 5.32 Å². The molecule has 0 aliphatic carbocycles. The highest BCUT2D eigenvalue weighted by molar-refractivity contribution is 5.41. The van der Waals surface area contributed by atoms with E-state index in [4.69, 9.17) is 9.47 Å². The van der Waals surface area contributed by atoms with Crippen molar-refractivity contribution in [1.29, 1.82) is 0 Å². The Kier molecular flexibility index (Phi) is 6.43. The van der Waals surface area contributed by atoms with Gasteiger partial charge in [-0.25, -0.2) is 0 Å². The van der Waals surface area contributed by atoms with Crippen molar-refractivity contribution in [3.05, 3.63) is 23.8 Å². The first kappa shape index (κ1) is 13.8. The predicted octanol–water partition coefficient (Wildman–Crippen LogP) is 1.92. The zero-order valence-corrected chi connectivity index (χ0v) is 10.5. The Morgan fingerprint density at radius 2 is 2.18 bits per heavy atom. The summed E-state index contributed by atoms with van der Waals surface area (Å²) in [6, 6.07) is 5.43. The number of nitrogens with one attached hydrogen (secondary N) is 1. The van der Waals surface area contributed by atoms with Crippen LogP contribution in [0.5, 0.6) is 11.5 Å². The molecule has 0 fully saturated rings. The van der Waals surface area contributed by atoms with Gasteiger partial charge in [-0.15, -0.1) is 0 Å². The summed E-state index contributed by atoms with van der Waals surface area (Å²) in [5.41, 5.74) is 1.04. The molecule has 0 aromatic heterocycles. The van der Waals surface area contributed by atoms with Crippen molar-refractivity contribution >= 4 is 0 Å². The maximum absolute atomic E-state index is 9.59. The second-order valence-corrected chi connectivity index (χ2v) is 3.73. The molecule has 1 aromatic carbocycles. The molecular weight excluding hydrogens is 218 g/mol. The SMILES string of the molecule is CCOCCCNCc1ccc(OC)c(O)c1. The van der Waals surface area contributed by atoms with Gasteiger partial charge in [0.1, 0.15) is 0 Å². The molecule has 0 bridgehead atoms. The first-order chi connectivity index (χ1) is 8.27. The van der Waals surface area contributed by atoms with Crippen molar-refractivity contribution < 1.29 is 14.6 Å². The van der Waals surface area contributed by atoms with Crippen molar-refractivity contribution in [2.75, 3.05) is 26.9 Å². The smallest absolute Gasteiger partial charge is 0.160 e. The molecule has 0 aliphatic rings. The summed E-state index contributed by atoms with van der Waals surface area (Å²) < 4.78 is 10.2. The van der Waals surface area contributed by atoms with E-state index in [2.05, 4.69) is 5.32 Å². The van der Waals surface area contributed by atoms with Gasteiger partial charge >= 0.3 is 0 Å². The van der Waals surface area contributed by atoms with E-state index < -0.39 is 0 Å². The largest absolute Gasteiger partial charge is 0.504 e. The summed E-state index contributed by atoms with van der Waals surface area (Å²) in [6.45, 7) is 5.20. The predicted molar refractivity (Wildman–Crippen MR) is 67.5 cm³/mol. The number of methoxy groups -OCH3 is 1. The maximum Gasteiger partial charge on any atom is 0.160 e. The van der Waals surface area contributed by atoms with E-state index in [9.17, 15) is 5.11 Å². The minimum atomic E-state index is 0.182. The van der Waals surface area contributed by atoms with E-state index in [-0.39, 0.29) is 5.75 Å². The number of hydrogen-bond donors (Lipinski definition) is 2. The molecule has 0 radical (unpaired) electrons. The van der Waals surface area contributed by atoms with Crippen LogP contribution in [-0.2, 0) is 11.3 Å². The fourth-order valence-corrected chi connectivity index (χ4v) is 1.52. The highest BCUT2D eigenvalue weighted by atomic mass is 16.5. The van der Waals surface area contributed by atoms with E-state index in [1.54, 1.807) is 19.2 Å². The second kappa shape index (κ2) is 7.92. The zero-order valence-electron chi connectivity index (χ0n) is 10.5.